The zero-order valence-electron chi connectivity index (χ0n) is 22.3. The summed E-state index contributed by atoms with van der Waals surface area (Å²) in [7, 11) is 1.22. The van der Waals surface area contributed by atoms with Crippen LogP contribution in [0.5, 0.6) is 0 Å². The fourth-order valence-corrected chi connectivity index (χ4v) is 3.51. The van der Waals surface area contributed by atoms with Crippen LogP contribution in [0.1, 0.15) is 71.6 Å². The molecule has 9 heteroatoms. The predicted molar refractivity (Wildman–Crippen MR) is 137 cm³/mol. The first kappa shape index (κ1) is 30.5. The first-order chi connectivity index (χ1) is 16.8. The van der Waals surface area contributed by atoms with Crippen LogP contribution in [-0.2, 0) is 23.9 Å². The van der Waals surface area contributed by atoms with E-state index in [1.54, 1.807) is 45.0 Å². The fourth-order valence-electron chi connectivity index (χ4n) is 3.51. The SMILES string of the molecule is C#Cc1ccc(C(C(=O)NCC(=O)OC)N(CCC)C(=O)C(CC(C)C)NC(=O)OC(C)(C)C)cc1. The molecule has 2 unspecified atom stereocenters. The molecule has 0 bridgehead atoms. The third kappa shape index (κ3) is 9.98. The molecule has 0 fully saturated rings. The Bertz CT molecular complexity index is 944. The van der Waals surface area contributed by atoms with E-state index in [4.69, 9.17) is 11.2 Å². The van der Waals surface area contributed by atoms with Crippen molar-refractivity contribution in [2.24, 2.45) is 5.92 Å². The van der Waals surface area contributed by atoms with E-state index in [0.29, 0.717) is 24.0 Å². The van der Waals surface area contributed by atoms with Gasteiger partial charge in [0.05, 0.1) is 7.11 Å². The average molecular weight is 502 g/mol. The maximum absolute atomic E-state index is 13.9. The second kappa shape index (κ2) is 14.1. The molecule has 0 heterocycles. The Morgan fingerprint density at radius 1 is 1.11 bits per heavy atom. The molecule has 0 aromatic heterocycles. The molecule has 2 atom stereocenters. The van der Waals surface area contributed by atoms with E-state index in [0.717, 1.165) is 0 Å². The number of nitrogens with zero attached hydrogens (tertiary/aromatic N) is 1. The highest BCUT2D eigenvalue weighted by molar-refractivity contribution is 5.93. The molecule has 3 amide bonds. The lowest BCUT2D eigenvalue weighted by atomic mass is 9.98. The minimum absolute atomic E-state index is 0.0684. The number of ether oxygens (including phenoxy) is 2. The van der Waals surface area contributed by atoms with Gasteiger partial charge in [0.1, 0.15) is 24.2 Å². The summed E-state index contributed by atoms with van der Waals surface area (Å²) in [5.74, 6) is 0.975. The number of carbonyl (C=O) groups is 4. The van der Waals surface area contributed by atoms with Crippen molar-refractivity contribution in [3.8, 4) is 12.3 Å². The maximum atomic E-state index is 13.9. The van der Waals surface area contributed by atoms with Crippen LogP contribution in [0.4, 0.5) is 4.79 Å². The van der Waals surface area contributed by atoms with Gasteiger partial charge in [-0.2, -0.15) is 0 Å². The van der Waals surface area contributed by atoms with Crippen molar-refractivity contribution in [2.75, 3.05) is 20.2 Å². The molecule has 1 aromatic carbocycles. The zero-order chi connectivity index (χ0) is 27.5. The van der Waals surface area contributed by atoms with Crippen molar-refractivity contribution in [3.63, 3.8) is 0 Å². The van der Waals surface area contributed by atoms with Crippen molar-refractivity contribution < 1.29 is 28.7 Å². The van der Waals surface area contributed by atoms with Gasteiger partial charge in [0.15, 0.2) is 0 Å². The molecule has 198 valence electrons. The molecular weight excluding hydrogens is 462 g/mol. The summed E-state index contributed by atoms with van der Waals surface area (Å²) >= 11 is 0. The summed E-state index contributed by atoms with van der Waals surface area (Å²) in [4.78, 5) is 52.8. The molecule has 1 rings (SSSR count). The van der Waals surface area contributed by atoms with E-state index in [1.165, 1.54) is 12.0 Å². The van der Waals surface area contributed by atoms with Gasteiger partial charge in [-0.1, -0.05) is 38.8 Å². The summed E-state index contributed by atoms with van der Waals surface area (Å²) < 4.78 is 9.98. The standard InChI is InChI=1S/C27H39N3O6/c1-9-15-30(25(33)21(16-18(3)4)29-26(34)36-27(5,6)7)23(24(32)28-17-22(31)35-8)20-13-11-19(10-2)12-14-20/h2,11-14,18,21,23H,9,15-17H2,1,3-8H3,(H,28,32)(H,29,34). The minimum Gasteiger partial charge on any atom is -0.468 e. The van der Waals surface area contributed by atoms with E-state index < -0.39 is 41.6 Å². The Balaban J connectivity index is 3.43. The van der Waals surface area contributed by atoms with E-state index in [-0.39, 0.29) is 19.0 Å². The number of carbonyl (C=O) groups excluding carboxylic acids is 4. The van der Waals surface area contributed by atoms with Gasteiger partial charge in [0, 0.05) is 12.1 Å². The molecule has 2 N–H and O–H groups in total. The van der Waals surface area contributed by atoms with Crippen LogP contribution in [0.15, 0.2) is 24.3 Å². The van der Waals surface area contributed by atoms with E-state index in [9.17, 15) is 19.2 Å². The van der Waals surface area contributed by atoms with Crippen molar-refractivity contribution in [3.05, 3.63) is 35.4 Å². The first-order valence-corrected chi connectivity index (χ1v) is 12.0. The molecule has 0 spiro atoms. The Kier molecular flexibility index (Phi) is 12.0. The summed E-state index contributed by atoms with van der Waals surface area (Å²) in [6, 6.07) is 4.71. The Labute approximate surface area is 214 Å². The highest BCUT2D eigenvalue weighted by atomic mass is 16.6. The molecule has 0 aliphatic carbocycles. The van der Waals surface area contributed by atoms with Crippen LogP contribution in [0, 0.1) is 18.3 Å². The van der Waals surface area contributed by atoms with Crippen LogP contribution in [0.25, 0.3) is 0 Å². The maximum Gasteiger partial charge on any atom is 0.408 e. The van der Waals surface area contributed by atoms with Gasteiger partial charge in [-0.05, 0) is 57.2 Å². The summed E-state index contributed by atoms with van der Waals surface area (Å²) in [6.07, 6.45) is 5.64. The van der Waals surface area contributed by atoms with Crippen LogP contribution in [0.3, 0.4) is 0 Å². The van der Waals surface area contributed by atoms with E-state index >= 15 is 0 Å². The summed E-state index contributed by atoms with van der Waals surface area (Å²) in [5, 5.41) is 5.23. The largest absolute Gasteiger partial charge is 0.468 e. The number of esters is 1. The molecule has 0 radical (unpaired) electrons. The molecule has 0 aliphatic rings. The number of nitrogens with one attached hydrogen (secondary N) is 2. The number of benzene rings is 1. The quantitative estimate of drug-likeness (QED) is 0.356. The second-order valence-corrected chi connectivity index (χ2v) is 9.82. The topological polar surface area (TPSA) is 114 Å². The third-order valence-corrected chi connectivity index (χ3v) is 5.03. The van der Waals surface area contributed by atoms with Crippen molar-refractivity contribution in [1.82, 2.24) is 15.5 Å². The number of amides is 3. The van der Waals surface area contributed by atoms with Gasteiger partial charge in [-0.15, -0.1) is 6.42 Å². The number of methoxy groups -OCH3 is 1. The smallest absolute Gasteiger partial charge is 0.408 e. The van der Waals surface area contributed by atoms with Crippen molar-refractivity contribution in [2.45, 2.75) is 72.1 Å². The van der Waals surface area contributed by atoms with Gasteiger partial charge in [-0.25, -0.2) is 4.79 Å². The highest BCUT2D eigenvalue weighted by Crippen LogP contribution is 2.25. The molecular formula is C27H39N3O6. The molecule has 0 saturated carbocycles. The van der Waals surface area contributed by atoms with Gasteiger partial charge >= 0.3 is 12.1 Å². The number of alkyl carbamates (subject to hydrolysis) is 1. The lowest BCUT2D eigenvalue weighted by molar-refractivity contribution is -0.145. The van der Waals surface area contributed by atoms with E-state index in [2.05, 4.69) is 21.3 Å². The van der Waals surface area contributed by atoms with Crippen LogP contribution < -0.4 is 10.6 Å². The number of hydrogen-bond acceptors (Lipinski definition) is 6. The van der Waals surface area contributed by atoms with Crippen molar-refractivity contribution >= 4 is 23.9 Å². The average Bonchev–Trinajstić information content (AvgIpc) is 2.80. The summed E-state index contributed by atoms with van der Waals surface area (Å²) in [6.45, 7) is 10.8. The van der Waals surface area contributed by atoms with Crippen LogP contribution in [-0.4, -0.2) is 60.6 Å². The molecule has 1 aromatic rings. The lowest BCUT2D eigenvalue weighted by Gasteiger charge is -2.34. The molecule has 0 saturated heterocycles. The Morgan fingerprint density at radius 2 is 1.72 bits per heavy atom. The van der Waals surface area contributed by atoms with Gasteiger partial charge < -0.3 is 25.0 Å². The Hall–Kier alpha value is -3.54. The zero-order valence-corrected chi connectivity index (χ0v) is 22.3. The number of terminal acetylenes is 1. The second-order valence-electron chi connectivity index (χ2n) is 9.82. The molecule has 0 aliphatic heterocycles. The Morgan fingerprint density at radius 3 is 2.19 bits per heavy atom. The fraction of sp³-hybridized carbons (Fsp3) is 0.556. The summed E-state index contributed by atoms with van der Waals surface area (Å²) in [5.41, 5.74) is 0.386. The van der Waals surface area contributed by atoms with Crippen LogP contribution >= 0.6 is 0 Å². The minimum atomic E-state index is -1.07. The molecule has 9 nitrogen and oxygen atoms in total. The van der Waals surface area contributed by atoms with Crippen molar-refractivity contribution in [1.29, 1.82) is 0 Å². The predicted octanol–water partition coefficient (Wildman–Crippen LogP) is 3.18. The van der Waals surface area contributed by atoms with Gasteiger partial charge in [0.25, 0.3) is 0 Å². The van der Waals surface area contributed by atoms with Gasteiger partial charge in [-0.3, -0.25) is 14.4 Å². The van der Waals surface area contributed by atoms with E-state index in [1.807, 2.05) is 20.8 Å². The van der Waals surface area contributed by atoms with Gasteiger partial charge in [0.2, 0.25) is 11.8 Å². The normalized spacial score (nSPS) is 12.6. The third-order valence-electron chi connectivity index (χ3n) is 5.03. The monoisotopic (exact) mass is 501 g/mol. The van der Waals surface area contributed by atoms with Crippen LogP contribution in [0.2, 0.25) is 0 Å². The number of hydrogen-bond donors (Lipinski definition) is 2. The number of rotatable bonds is 11. The molecule has 36 heavy (non-hydrogen) atoms. The lowest BCUT2D eigenvalue weighted by Crippen LogP contribution is -2.53. The highest BCUT2D eigenvalue weighted by Gasteiger charge is 2.36. The first-order valence-electron chi connectivity index (χ1n) is 12.0.